The van der Waals surface area contributed by atoms with E-state index in [1.54, 1.807) is 30.0 Å². The van der Waals surface area contributed by atoms with Gasteiger partial charge in [0.1, 0.15) is 6.54 Å². The monoisotopic (exact) mass is 424 g/mol. The average molecular weight is 425 g/mol. The van der Waals surface area contributed by atoms with Crippen molar-refractivity contribution in [1.82, 2.24) is 5.32 Å². The largest absolute Gasteiger partial charge is 0.354 e. The minimum Gasteiger partial charge on any atom is -0.354 e. The van der Waals surface area contributed by atoms with E-state index in [9.17, 15) is 13.2 Å². The third-order valence-corrected chi connectivity index (χ3v) is 6.62. The molecular weight excluding hydrogens is 400 g/mol. The van der Waals surface area contributed by atoms with Crippen LogP contribution >= 0.6 is 23.5 Å². The Bertz CT molecular complexity index is 868. The number of aryl methyl sites for hydroxylation is 1. The molecule has 2 aromatic carbocycles. The van der Waals surface area contributed by atoms with Crippen molar-refractivity contribution in [3.05, 3.63) is 54.1 Å². The molecule has 146 valence electrons. The van der Waals surface area contributed by atoms with Crippen LogP contribution in [-0.4, -0.2) is 45.7 Å². The fraction of sp³-hybridized carbons (Fsp3) is 0.316. The number of nitrogens with zero attached hydrogens (tertiary/aromatic N) is 1. The van der Waals surface area contributed by atoms with Crippen LogP contribution in [0.3, 0.4) is 0 Å². The Labute approximate surface area is 170 Å². The highest BCUT2D eigenvalue weighted by atomic mass is 32.2. The lowest BCUT2D eigenvalue weighted by molar-refractivity contribution is -0.119. The van der Waals surface area contributed by atoms with Gasteiger partial charge in [0.2, 0.25) is 15.9 Å². The van der Waals surface area contributed by atoms with E-state index in [0.29, 0.717) is 12.2 Å². The normalized spacial score (nSPS) is 11.2. The first-order chi connectivity index (χ1) is 12.8. The van der Waals surface area contributed by atoms with Gasteiger partial charge < -0.3 is 5.32 Å². The Morgan fingerprint density at radius 3 is 2.44 bits per heavy atom. The van der Waals surface area contributed by atoms with Crippen LogP contribution in [0, 0.1) is 6.92 Å². The fourth-order valence-electron chi connectivity index (χ4n) is 2.35. The van der Waals surface area contributed by atoms with E-state index in [2.05, 4.69) is 5.32 Å². The minimum absolute atomic E-state index is 0.230. The Hall–Kier alpha value is -1.64. The Balaban J connectivity index is 1.91. The first-order valence-electron chi connectivity index (χ1n) is 8.37. The van der Waals surface area contributed by atoms with Crippen molar-refractivity contribution in [3.63, 3.8) is 0 Å². The molecule has 5 nitrogen and oxygen atoms in total. The predicted molar refractivity (Wildman–Crippen MR) is 115 cm³/mol. The van der Waals surface area contributed by atoms with E-state index in [0.717, 1.165) is 26.1 Å². The molecule has 0 aliphatic rings. The lowest BCUT2D eigenvalue weighted by atomic mass is 10.2. The van der Waals surface area contributed by atoms with Gasteiger partial charge in [-0.05, 0) is 43.5 Å². The van der Waals surface area contributed by atoms with E-state index in [1.165, 1.54) is 17.3 Å². The molecule has 0 radical (unpaired) electrons. The molecule has 0 bridgehead atoms. The van der Waals surface area contributed by atoms with Gasteiger partial charge in [-0.1, -0.05) is 23.8 Å². The number of nitrogens with one attached hydrogen (secondary N) is 1. The maximum atomic E-state index is 12.3. The second kappa shape index (κ2) is 10.1. The standard InChI is InChI=1S/C19H24N2O3S3/c1-15-7-9-17(10-8-15)26-12-11-20-19(22)14-21(27(3,23)24)16-5-4-6-18(13-16)25-2/h4-10,13H,11-12,14H2,1-3H3,(H,20,22). The smallest absolute Gasteiger partial charge is 0.240 e. The van der Waals surface area contributed by atoms with Crippen molar-refractivity contribution in [3.8, 4) is 0 Å². The summed E-state index contributed by atoms with van der Waals surface area (Å²) in [5, 5.41) is 2.79. The van der Waals surface area contributed by atoms with E-state index < -0.39 is 10.0 Å². The van der Waals surface area contributed by atoms with Gasteiger partial charge in [0.25, 0.3) is 0 Å². The van der Waals surface area contributed by atoms with Gasteiger partial charge in [-0.15, -0.1) is 23.5 Å². The summed E-state index contributed by atoms with van der Waals surface area (Å²) in [5.74, 6) is 0.398. The summed E-state index contributed by atoms with van der Waals surface area (Å²) < 4.78 is 25.4. The van der Waals surface area contributed by atoms with Crippen molar-refractivity contribution in [2.24, 2.45) is 0 Å². The molecule has 0 aliphatic heterocycles. The first-order valence-corrected chi connectivity index (χ1v) is 12.4. The summed E-state index contributed by atoms with van der Waals surface area (Å²) in [5.41, 5.74) is 1.70. The lowest BCUT2D eigenvalue weighted by Crippen LogP contribution is -2.41. The topological polar surface area (TPSA) is 66.5 Å². The number of hydrogen-bond donors (Lipinski definition) is 1. The zero-order chi connectivity index (χ0) is 19.9. The number of hydrogen-bond acceptors (Lipinski definition) is 5. The molecule has 2 rings (SSSR count). The van der Waals surface area contributed by atoms with Gasteiger partial charge >= 0.3 is 0 Å². The number of sulfonamides is 1. The lowest BCUT2D eigenvalue weighted by Gasteiger charge is -2.22. The van der Waals surface area contributed by atoms with Crippen LogP contribution in [-0.2, 0) is 14.8 Å². The number of rotatable bonds is 9. The summed E-state index contributed by atoms with van der Waals surface area (Å²) in [4.78, 5) is 14.3. The number of benzene rings is 2. The van der Waals surface area contributed by atoms with Crippen LogP contribution in [0.15, 0.2) is 58.3 Å². The molecule has 0 fully saturated rings. The summed E-state index contributed by atoms with van der Waals surface area (Å²) in [7, 11) is -3.56. The Morgan fingerprint density at radius 1 is 1.11 bits per heavy atom. The SMILES string of the molecule is CSc1cccc(N(CC(=O)NCCSc2ccc(C)cc2)S(C)(=O)=O)c1. The third-order valence-electron chi connectivity index (χ3n) is 3.74. The highest BCUT2D eigenvalue weighted by molar-refractivity contribution is 7.99. The summed E-state index contributed by atoms with van der Waals surface area (Å²) >= 11 is 3.17. The van der Waals surface area contributed by atoms with Crippen LogP contribution in [0.25, 0.3) is 0 Å². The summed E-state index contributed by atoms with van der Waals surface area (Å²) in [6.45, 7) is 2.28. The zero-order valence-corrected chi connectivity index (χ0v) is 18.1. The van der Waals surface area contributed by atoms with Crippen molar-refractivity contribution in [2.75, 3.05) is 35.7 Å². The number of anilines is 1. The average Bonchev–Trinajstić information content (AvgIpc) is 2.64. The van der Waals surface area contributed by atoms with Crippen LogP contribution < -0.4 is 9.62 Å². The number of amides is 1. The van der Waals surface area contributed by atoms with Gasteiger partial charge in [-0.25, -0.2) is 8.42 Å². The van der Waals surface area contributed by atoms with Gasteiger partial charge in [0.15, 0.2) is 0 Å². The van der Waals surface area contributed by atoms with Gasteiger partial charge in [-0.2, -0.15) is 0 Å². The molecule has 27 heavy (non-hydrogen) atoms. The van der Waals surface area contributed by atoms with Gasteiger partial charge in [-0.3, -0.25) is 9.10 Å². The van der Waals surface area contributed by atoms with E-state index >= 15 is 0 Å². The summed E-state index contributed by atoms with van der Waals surface area (Å²) in [6, 6.07) is 15.3. The molecule has 0 heterocycles. The molecule has 0 saturated heterocycles. The van der Waals surface area contributed by atoms with Gasteiger partial charge in [0, 0.05) is 22.1 Å². The van der Waals surface area contributed by atoms with Crippen LogP contribution in [0.2, 0.25) is 0 Å². The fourth-order valence-corrected chi connectivity index (χ4v) is 4.42. The molecular formula is C19H24N2O3S3. The Morgan fingerprint density at radius 2 is 1.81 bits per heavy atom. The number of carbonyl (C=O) groups is 1. The highest BCUT2D eigenvalue weighted by Gasteiger charge is 2.20. The maximum Gasteiger partial charge on any atom is 0.240 e. The number of thioether (sulfide) groups is 2. The van der Waals surface area contributed by atoms with Crippen LogP contribution in [0.1, 0.15) is 5.56 Å². The molecule has 0 saturated carbocycles. The van der Waals surface area contributed by atoms with Crippen molar-refractivity contribution < 1.29 is 13.2 Å². The molecule has 0 aliphatic carbocycles. The van der Waals surface area contributed by atoms with Crippen LogP contribution in [0.5, 0.6) is 0 Å². The van der Waals surface area contributed by atoms with E-state index in [-0.39, 0.29) is 12.5 Å². The van der Waals surface area contributed by atoms with Crippen molar-refractivity contribution in [1.29, 1.82) is 0 Å². The first kappa shape index (κ1) is 21.7. The quantitative estimate of drug-likeness (QED) is 0.494. The predicted octanol–water partition coefficient (Wildman–Crippen LogP) is 3.39. The molecule has 1 N–H and O–H groups in total. The molecule has 0 unspecified atom stereocenters. The third kappa shape index (κ3) is 7.12. The van der Waals surface area contributed by atoms with Crippen molar-refractivity contribution >= 4 is 45.1 Å². The van der Waals surface area contributed by atoms with Gasteiger partial charge in [0.05, 0.1) is 11.9 Å². The van der Waals surface area contributed by atoms with Crippen molar-refractivity contribution in [2.45, 2.75) is 16.7 Å². The van der Waals surface area contributed by atoms with E-state index in [1.807, 2.05) is 43.5 Å². The zero-order valence-electron chi connectivity index (χ0n) is 15.6. The molecule has 0 spiro atoms. The molecule has 1 amide bonds. The Kier molecular flexibility index (Phi) is 8.07. The molecule has 2 aromatic rings. The minimum atomic E-state index is -3.56. The van der Waals surface area contributed by atoms with Crippen LogP contribution in [0.4, 0.5) is 5.69 Å². The highest BCUT2D eigenvalue weighted by Crippen LogP contribution is 2.23. The second-order valence-electron chi connectivity index (χ2n) is 5.98. The molecule has 0 aromatic heterocycles. The van der Waals surface area contributed by atoms with E-state index in [4.69, 9.17) is 0 Å². The maximum absolute atomic E-state index is 12.3. The molecule has 0 atom stereocenters. The second-order valence-corrected chi connectivity index (χ2v) is 9.94. The molecule has 8 heteroatoms. The summed E-state index contributed by atoms with van der Waals surface area (Å²) in [6.07, 6.45) is 3.03. The number of carbonyl (C=O) groups excluding carboxylic acids is 1.